The Morgan fingerprint density at radius 3 is 2.75 bits per heavy atom. The van der Waals surface area contributed by atoms with Crippen molar-refractivity contribution in [2.75, 3.05) is 14.2 Å². The zero-order chi connectivity index (χ0) is 14.8. The van der Waals surface area contributed by atoms with E-state index in [0.29, 0.717) is 17.9 Å². The molecular weight excluding hydrogens is 256 g/mol. The van der Waals surface area contributed by atoms with Crippen molar-refractivity contribution < 1.29 is 14.3 Å². The van der Waals surface area contributed by atoms with Gasteiger partial charge in [0.1, 0.15) is 11.5 Å². The number of amides is 1. The lowest BCUT2D eigenvalue weighted by Crippen LogP contribution is -2.16. The van der Waals surface area contributed by atoms with E-state index >= 15 is 0 Å². The molecular formula is C15H22N2O3. The summed E-state index contributed by atoms with van der Waals surface area (Å²) < 4.78 is 10.4. The molecule has 1 rings (SSSR count). The molecule has 1 aromatic carbocycles. The Labute approximate surface area is 120 Å². The Morgan fingerprint density at radius 2 is 2.10 bits per heavy atom. The maximum absolute atomic E-state index is 11.5. The summed E-state index contributed by atoms with van der Waals surface area (Å²) in [5, 5.41) is 3.94. The van der Waals surface area contributed by atoms with Gasteiger partial charge in [-0.05, 0) is 18.6 Å². The lowest BCUT2D eigenvalue weighted by atomic mass is 10.2. The number of hydrogen-bond acceptors (Lipinski definition) is 4. The summed E-state index contributed by atoms with van der Waals surface area (Å²) in [7, 11) is 3.18. The number of carbonyl (C=O) groups excluding carboxylic acids is 1. The summed E-state index contributed by atoms with van der Waals surface area (Å²) >= 11 is 0. The summed E-state index contributed by atoms with van der Waals surface area (Å²) in [5.41, 5.74) is 3.29. The molecule has 1 aromatic rings. The van der Waals surface area contributed by atoms with E-state index in [9.17, 15) is 4.79 Å². The van der Waals surface area contributed by atoms with E-state index < -0.39 is 0 Å². The predicted octanol–water partition coefficient (Wildman–Crippen LogP) is 2.73. The quantitative estimate of drug-likeness (QED) is 0.452. The molecule has 5 nitrogen and oxygen atoms in total. The summed E-state index contributed by atoms with van der Waals surface area (Å²) in [5.74, 6) is 1.29. The molecule has 0 bridgehead atoms. The highest BCUT2D eigenvalue weighted by molar-refractivity contribution is 5.85. The van der Waals surface area contributed by atoms with Crippen LogP contribution in [-0.2, 0) is 4.79 Å². The van der Waals surface area contributed by atoms with Crippen molar-refractivity contribution in [3.63, 3.8) is 0 Å². The maximum Gasteiger partial charge on any atom is 0.240 e. The van der Waals surface area contributed by atoms with E-state index in [4.69, 9.17) is 9.47 Å². The maximum atomic E-state index is 11.5. The Bertz CT molecular complexity index is 458. The topological polar surface area (TPSA) is 59.9 Å². The van der Waals surface area contributed by atoms with Crippen LogP contribution in [-0.4, -0.2) is 26.3 Å². The number of ether oxygens (including phenoxy) is 2. The second kappa shape index (κ2) is 8.96. The molecule has 20 heavy (non-hydrogen) atoms. The molecule has 1 N–H and O–H groups in total. The Morgan fingerprint density at radius 1 is 1.30 bits per heavy atom. The lowest BCUT2D eigenvalue weighted by molar-refractivity contribution is -0.121. The fourth-order valence-corrected chi connectivity index (χ4v) is 1.69. The predicted molar refractivity (Wildman–Crippen MR) is 79.4 cm³/mol. The number of carbonyl (C=O) groups is 1. The smallest absolute Gasteiger partial charge is 0.240 e. The fourth-order valence-electron chi connectivity index (χ4n) is 1.69. The van der Waals surface area contributed by atoms with Gasteiger partial charge in [0.2, 0.25) is 5.91 Å². The number of unbranched alkanes of at least 4 members (excludes halogenated alkanes) is 2. The highest BCUT2D eigenvalue weighted by Crippen LogP contribution is 2.22. The van der Waals surface area contributed by atoms with Crippen LogP contribution in [0.1, 0.15) is 38.2 Å². The number of hydrogen-bond donors (Lipinski definition) is 1. The molecule has 0 fully saturated rings. The van der Waals surface area contributed by atoms with Crippen LogP contribution in [0.5, 0.6) is 11.5 Å². The minimum absolute atomic E-state index is 0.0674. The van der Waals surface area contributed by atoms with Crippen LogP contribution in [0.3, 0.4) is 0 Å². The molecule has 0 heterocycles. The fraction of sp³-hybridized carbons (Fsp3) is 0.467. The number of benzene rings is 1. The third-order valence-corrected chi connectivity index (χ3v) is 2.84. The first-order valence-corrected chi connectivity index (χ1v) is 6.75. The van der Waals surface area contributed by atoms with Gasteiger partial charge in [-0.1, -0.05) is 19.8 Å². The van der Waals surface area contributed by atoms with Gasteiger partial charge in [-0.25, -0.2) is 5.43 Å². The summed E-state index contributed by atoms with van der Waals surface area (Å²) in [4.78, 5) is 11.5. The molecule has 1 amide bonds. The molecule has 0 spiro atoms. The first kappa shape index (κ1) is 16.0. The van der Waals surface area contributed by atoms with Gasteiger partial charge in [-0.15, -0.1) is 0 Å². The summed E-state index contributed by atoms with van der Waals surface area (Å²) in [6, 6.07) is 5.40. The molecule has 0 unspecified atom stereocenters. The second-order valence-electron chi connectivity index (χ2n) is 4.36. The number of nitrogens with zero attached hydrogens (tertiary/aromatic N) is 1. The molecule has 0 aromatic heterocycles. The Hall–Kier alpha value is -2.04. The van der Waals surface area contributed by atoms with Crippen LogP contribution in [0.15, 0.2) is 23.3 Å². The standard InChI is InChI=1S/C15H22N2O3/c1-4-5-6-7-15(18)17-16-11-12-8-9-13(19-2)10-14(12)20-3/h8-11H,4-7H2,1-3H3,(H,17,18)/b16-11+. The second-order valence-corrected chi connectivity index (χ2v) is 4.36. The molecule has 0 atom stereocenters. The van der Waals surface area contributed by atoms with Crippen LogP contribution >= 0.6 is 0 Å². The van der Waals surface area contributed by atoms with E-state index in [1.807, 2.05) is 12.1 Å². The number of hydrazone groups is 1. The molecule has 0 radical (unpaired) electrons. The van der Waals surface area contributed by atoms with E-state index in [1.165, 1.54) is 0 Å². The van der Waals surface area contributed by atoms with E-state index in [1.54, 1.807) is 26.5 Å². The van der Waals surface area contributed by atoms with Crippen LogP contribution in [0.2, 0.25) is 0 Å². The average molecular weight is 278 g/mol. The van der Waals surface area contributed by atoms with E-state index in [0.717, 1.165) is 24.8 Å². The monoisotopic (exact) mass is 278 g/mol. The molecule has 110 valence electrons. The van der Waals surface area contributed by atoms with Gasteiger partial charge in [0, 0.05) is 18.1 Å². The van der Waals surface area contributed by atoms with Crippen molar-refractivity contribution in [1.82, 2.24) is 5.43 Å². The third kappa shape index (κ3) is 5.30. The molecule has 0 saturated heterocycles. The average Bonchev–Trinajstić information content (AvgIpc) is 2.47. The Kier molecular flexibility index (Phi) is 7.17. The normalized spacial score (nSPS) is 10.6. The molecule has 5 heteroatoms. The van der Waals surface area contributed by atoms with Crippen LogP contribution in [0, 0.1) is 0 Å². The first-order chi connectivity index (χ1) is 9.71. The highest BCUT2D eigenvalue weighted by Gasteiger charge is 2.03. The van der Waals surface area contributed by atoms with Crippen LogP contribution in [0.4, 0.5) is 0 Å². The first-order valence-electron chi connectivity index (χ1n) is 6.75. The van der Waals surface area contributed by atoms with Gasteiger partial charge in [-0.3, -0.25) is 4.79 Å². The summed E-state index contributed by atoms with van der Waals surface area (Å²) in [6.07, 6.45) is 5.12. The minimum atomic E-state index is -0.0674. The van der Waals surface area contributed by atoms with Gasteiger partial charge in [0.25, 0.3) is 0 Å². The van der Waals surface area contributed by atoms with Crippen LogP contribution < -0.4 is 14.9 Å². The van der Waals surface area contributed by atoms with Crippen molar-refractivity contribution in [3.8, 4) is 11.5 Å². The highest BCUT2D eigenvalue weighted by atomic mass is 16.5. The van der Waals surface area contributed by atoms with Gasteiger partial charge < -0.3 is 9.47 Å². The molecule has 0 aliphatic rings. The zero-order valence-corrected chi connectivity index (χ0v) is 12.3. The number of rotatable bonds is 8. The SMILES string of the molecule is CCCCCC(=O)N/N=C/c1ccc(OC)cc1OC. The van der Waals surface area contributed by atoms with Crippen molar-refractivity contribution in [2.24, 2.45) is 5.10 Å². The van der Waals surface area contributed by atoms with E-state index in [2.05, 4.69) is 17.5 Å². The largest absolute Gasteiger partial charge is 0.497 e. The van der Waals surface area contributed by atoms with Crippen molar-refractivity contribution in [2.45, 2.75) is 32.6 Å². The van der Waals surface area contributed by atoms with Crippen molar-refractivity contribution >= 4 is 12.1 Å². The van der Waals surface area contributed by atoms with Gasteiger partial charge in [-0.2, -0.15) is 5.10 Å². The van der Waals surface area contributed by atoms with Crippen LogP contribution in [0.25, 0.3) is 0 Å². The Balaban J connectivity index is 2.55. The van der Waals surface area contributed by atoms with Gasteiger partial charge >= 0.3 is 0 Å². The third-order valence-electron chi connectivity index (χ3n) is 2.84. The minimum Gasteiger partial charge on any atom is -0.497 e. The van der Waals surface area contributed by atoms with Crippen molar-refractivity contribution in [1.29, 1.82) is 0 Å². The van der Waals surface area contributed by atoms with Crippen molar-refractivity contribution in [3.05, 3.63) is 23.8 Å². The van der Waals surface area contributed by atoms with Gasteiger partial charge in [0.15, 0.2) is 0 Å². The van der Waals surface area contributed by atoms with E-state index in [-0.39, 0.29) is 5.91 Å². The number of methoxy groups -OCH3 is 2. The zero-order valence-electron chi connectivity index (χ0n) is 12.3. The van der Waals surface area contributed by atoms with Gasteiger partial charge in [0.05, 0.1) is 20.4 Å². The molecule has 0 aliphatic heterocycles. The summed E-state index contributed by atoms with van der Waals surface area (Å²) in [6.45, 7) is 2.10. The molecule has 0 saturated carbocycles. The molecule has 0 aliphatic carbocycles. The lowest BCUT2D eigenvalue weighted by Gasteiger charge is -2.06. The number of nitrogens with one attached hydrogen (secondary N) is 1.